The van der Waals surface area contributed by atoms with Crippen LogP contribution in [0.1, 0.15) is 23.3 Å². The van der Waals surface area contributed by atoms with Crippen molar-refractivity contribution in [2.24, 2.45) is 0 Å². The molecule has 0 unspecified atom stereocenters. The predicted molar refractivity (Wildman–Crippen MR) is 96.5 cm³/mol. The van der Waals surface area contributed by atoms with E-state index >= 15 is 0 Å². The molecule has 1 saturated carbocycles. The summed E-state index contributed by atoms with van der Waals surface area (Å²) < 4.78 is 13.3. The zero-order valence-corrected chi connectivity index (χ0v) is 14.8. The predicted octanol–water partition coefficient (Wildman–Crippen LogP) is 3.18. The molecule has 2 heterocycles. The summed E-state index contributed by atoms with van der Waals surface area (Å²) in [5.41, 5.74) is 0.901. The van der Waals surface area contributed by atoms with Crippen molar-refractivity contribution in [1.82, 2.24) is 14.8 Å². The molecule has 1 N–H and O–H groups in total. The molecule has 2 amide bonds. The van der Waals surface area contributed by atoms with Gasteiger partial charge in [0.15, 0.2) is 5.13 Å². The lowest BCUT2D eigenvalue weighted by atomic mass is 10.1. The highest BCUT2D eigenvalue weighted by Crippen LogP contribution is 2.27. The number of nitrogens with zero attached hydrogens (tertiary/aromatic N) is 3. The Hall–Kier alpha value is -1.99. The van der Waals surface area contributed by atoms with Crippen LogP contribution in [0.5, 0.6) is 0 Å². The summed E-state index contributed by atoms with van der Waals surface area (Å²) in [5.74, 6) is -0.235. The van der Waals surface area contributed by atoms with Crippen LogP contribution in [0.4, 0.5) is 14.3 Å². The maximum absolute atomic E-state index is 13.3. The van der Waals surface area contributed by atoms with Gasteiger partial charge in [0.1, 0.15) is 5.82 Å². The minimum atomic E-state index is -0.235. The van der Waals surface area contributed by atoms with E-state index in [-0.39, 0.29) is 11.8 Å². The summed E-state index contributed by atoms with van der Waals surface area (Å²) in [5, 5.41) is 3.49. The first-order chi connectivity index (χ1) is 12.2. The first-order valence-electron chi connectivity index (χ1n) is 8.66. The van der Waals surface area contributed by atoms with Gasteiger partial charge in [-0.25, -0.2) is 14.2 Å². The number of hydrogen-bond acceptors (Lipinski definition) is 4. The second-order valence-electron chi connectivity index (χ2n) is 6.62. The molecule has 4 rings (SSSR count). The van der Waals surface area contributed by atoms with Gasteiger partial charge >= 0.3 is 6.03 Å². The molecule has 132 valence electrons. The fraction of sp³-hybridized carbons (Fsp3) is 0.444. The van der Waals surface area contributed by atoms with Crippen LogP contribution in [0.3, 0.4) is 0 Å². The van der Waals surface area contributed by atoms with Crippen molar-refractivity contribution < 1.29 is 9.18 Å². The van der Waals surface area contributed by atoms with Gasteiger partial charge in [0.05, 0.1) is 0 Å². The number of nitrogens with one attached hydrogen (secondary N) is 1. The maximum atomic E-state index is 13.3. The molecule has 1 aliphatic heterocycles. The number of halogens is 1. The van der Waals surface area contributed by atoms with Gasteiger partial charge in [0.25, 0.3) is 0 Å². The smallest absolute Gasteiger partial charge is 0.322 e. The van der Waals surface area contributed by atoms with Crippen molar-refractivity contribution in [3.8, 4) is 0 Å². The van der Waals surface area contributed by atoms with Crippen LogP contribution >= 0.6 is 11.3 Å². The van der Waals surface area contributed by atoms with E-state index in [4.69, 9.17) is 0 Å². The molecular formula is C18H21FN4OS. The van der Waals surface area contributed by atoms with Crippen molar-refractivity contribution >= 4 is 22.5 Å². The first-order valence-corrected chi connectivity index (χ1v) is 9.48. The molecule has 0 bridgehead atoms. The topological polar surface area (TPSA) is 48.5 Å². The number of carbonyl (C=O) groups excluding carboxylic acids is 1. The van der Waals surface area contributed by atoms with E-state index in [9.17, 15) is 9.18 Å². The van der Waals surface area contributed by atoms with E-state index in [1.54, 1.807) is 12.3 Å². The largest absolute Gasteiger partial charge is 0.323 e. The molecule has 25 heavy (non-hydrogen) atoms. The van der Waals surface area contributed by atoms with Gasteiger partial charge in [0.2, 0.25) is 0 Å². The fourth-order valence-electron chi connectivity index (χ4n) is 3.20. The third-order valence-corrected chi connectivity index (χ3v) is 5.61. The number of urea groups is 1. The monoisotopic (exact) mass is 360 g/mol. The zero-order valence-electron chi connectivity index (χ0n) is 13.9. The quantitative estimate of drug-likeness (QED) is 0.911. The third-order valence-electron chi connectivity index (χ3n) is 4.70. The van der Waals surface area contributed by atoms with Crippen LogP contribution in [0.2, 0.25) is 0 Å². The van der Waals surface area contributed by atoms with Gasteiger partial charge in [0, 0.05) is 49.7 Å². The van der Waals surface area contributed by atoms with Crippen molar-refractivity contribution in [2.75, 3.05) is 31.5 Å². The van der Waals surface area contributed by atoms with Crippen molar-refractivity contribution in [2.45, 2.75) is 25.3 Å². The number of carbonyl (C=O) groups is 1. The molecule has 2 fully saturated rings. The second-order valence-corrected chi connectivity index (χ2v) is 7.74. The van der Waals surface area contributed by atoms with Gasteiger partial charge in [-0.1, -0.05) is 12.1 Å². The molecule has 0 radical (unpaired) electrons. The molecule has 1 aromatic carbocycles. The van der Waals surface area contributed by atoms with E-state index in [0.717, 1.165) is 42.7 Å². The molecule has 1 aliphatic carbocycles. The SMILES string of the molecule is O=C(Nc1ncc(Cc2cccc(F)c2)s1)N1CCN(C2CC2)CC1. The number of anilines is 1. The Morgan fingerprint density at radius 1 is 1.28 bits per heavy atom. The molecule has 1 aromatic heterocycles. The van der Waals surface area contributed by atoms with E-state index < -0.39 is 0 Å². The molecule has 5 nitrogen and oxygen atoms in total. The van der Waals surface area contributed by atoms with Crippen LogP contribution < -0.4 is 5.32 Å². The summed E-state index contributed by atoms with van der Waals surface area (Å²) in [6, 6.07) is 7.23. The summed E-state index contributed by atoms with van der Waals surface area (Å²) in [7, 11) is 0. The maximum Gasteiger partial charge on any atom is 0.323 e. The average molecular weight is 360 g/mol. The summed E-state index contributed by atoms with van der Waals surface area (Å²) in [6.45, 7) is 3.45. The lowest BCUT2D eigenvalue weighted by molar-refractivity contribution is 0.142. The average Bonchev–Trinajstić information content (AvgIpc) is 3.37. The Morgan fingerprint density at radius 2 is 2.08 bits per heavy atom. The molecule has 2 aliphatic rings. The number of thiazole rings is 1. The van der Waals surface area contributed by atoms with Gasteiger partial charge in [-0.2, -0.15) is 0 Å². The standard InChI is InChI=1S/C18H21FN4OS/c19-14-3-1-2-13(10-14)11-16-12-20-17(25-16)21-18(24)23-8-6-22(7-9-23)15-4-5-15/h1-3,10,12,15H,4-9,11H2,(H,20,21,24). The number of benzene rings is 1. The fourth-order valence-corrected chi connectivity index (χ4v) is 4.03. The summed E-state index contributed by atoms with van der Waals surface area (Å²) in [6.07, 6.45) is 4.97. The highest BCUT2D eigenvalue weighted by molar-refractivity contribution is 7.15. The number of hydrogen-bond donors (Lipinski definition) is 1. The van der Waals surface area contributed by atoms with Crippen LogP contribution in [0.15, 0.2) is 30.5 Å². The molecular weight excluding hydrogens is 339 g/mol. The van der Waals surface area contributed by atoms with E-state index in [1.807, 2.05) is 11.0 Å². The zero-order chi connectivity index (χ0) is 17.2. The van der Waals surface area contributed by atoms with E-state index in [0.29, 0.717) is 11.6 Å². The molecule has 1 saturated heterocycles. The molecule has 0 spiro atoms. The summed E-state index contributed by atoms with van der Waals surface area (Å²) in [4.78, 5) is 22.0. The third kappa shape index (κ3) is 4.16. The highest BCUT2D eigenvalue weighted by Gasteiger charge is 2.32. The van der Waals surface area contributed by atoms with Crippen molar-refractivity contribution in [3.05, 3.63) is 46.7 Å². The summed E-state index contributed by atoms with van der Waals surface area (Å²) >= 11 is 1.44. The minimum Gasteiger partial charge on any atom is -0.322 e. The highest BCUT2D eigenvalue weighted by atomic mass is 32.1. The van der Waals surface area contributed by atoms with Crippen molar-refractivity contribution in [1.29, 1.82) is 0 Å². The molecule has 2 aromatic rings. The lowest BCUT2D eigenvalue weighted by Gasteiger charge is -2.34. The number of piperazine rings is 1. The lowest BCUT2D eigenvalue weighted by Crippen LogP contribution is -2.50. The van der Waals surface area contributed by atoms with Crippen LogP contribution in [0.25, 0.3) is 0 Å². The van der Waals surface area contributed by atoms with E-state index in [1.165, 1.54) is 36.3 Å². The Labute approximate surface area is 150 Å². The Bertz CT molecular complexity index is 753. The Balaban J connectivity index is 1.30. The number of rotatable bonds is 4. The molecule has 7 heteroatoms. The van der Waals surface area contributed by atoms with Gasteiger partial charge < -0.3 is 4.90 Å². The Morgan fingerprint density at radius 3 is 2.80 bits per heavy atom. The van der Waals surface area contributed by atoms with Crippen LogP contribution in [-0.2, 0) is 6.42 Å². The van der Waals surface area contributed by atoms with Crippen molar-refractivity contribution in [3.63, 3.8) is 0 Å². The number of aromatic nitrogens is 1. The van der Waals surface area contributed by atoms with Crippen LogP contribution in [-0.4, -0.2) is 53.0 Å². The Kier molecular flexibility index (Phi) is 4.67. The number of amides is 2. The van der Waals surface area contributed by atoms with Gasteiger partial charge in [-0.3, -0.25) is 10.2 Å². The van der Waals surface area contributed by atoms with E-state index in [2.05, 4.69) is 15.2 Å². The normalized spacial score (nSPS) is 18.4. The van der Waals surface area contributed by atoms with Crippen LogP contribution in [0, 0.1) is 5.82 Å². The van der Waals surface area contributed by atoms with Gasteiger partial charge in [-0.05, 0) is 30.5 Å². The first kappa shape index (κ1) is 16.5. The van der Waals surface area contributed by atoms with Gasteiger partial charge in [-0.15, -0.1) is 11.3 Å². The molecule has 0 atom stereocenters. The second kappa shape index (κ2) is 7.09. The minimum absolute atomic E-state index is 0.0814.